The van der Waals surface area contributed by atoms with Crippen molar-refractivity contribution in [1.29, 1.82) is 0 Å². The molecule has 110 valence electrons. The summed E-state index contributed by atoms with van der Waals surface area (Å²) in [5.41, 5.74) is 2.50. The third-order valence-corrected chi connectivity index (χ3v) is 3.16. The summed E-state index contributed by atoms with van der Waals surface area (Å²) >= 11 is 0. The maximum absolute atomic E-state index is 11.7. The molecule has 0 aliphatic rings. The fraction of sp³-hybridized carbons (Fsp3) is 0.125. The first kappa shape index (κ1) is 13.9. The van der Waals surface area contributed by atoms with E-state index in [0.29, 0.717) is 18.6 Å². The highest BCUT2D eigenvalue weighted by Crippen LogP contribution is 2.10. The van der Waals surface area contributed by atoms with Crippen LogP contribution in [0.1, 0.15) is 15.9 Å². The molecule has 2 heterocycles. The molecule has 0 saturated carbocycles. The largest absolute Gasteiger partial charge is 0.462 e. The summed E-state index contributed by atoms with van der Waals surface area (Å²) in [4.78, 5) is 23.3. The first-order valence-corrected chi connectivity index (χ1v) is 6.82. The molecule has 0 atom stereocenters. The van der Waals surface area contributed by atoms with Gasteiger partial charge in [-0.3, -0.25) is 0 Å². The molecule has 0 fully saturated rings. The van der Waals surface area contributed by atoms with Gasteiger partial charge in [0.2, 0.25) is 0 Å². The van der Waals surface area contributed by atoms with Crippen molar-refractivity contribution in [2.45, 2.75) is 6.42 Å². The molecule has 0 spiro atoms. The summed E-state index contributed by atoms with van der Waals surface area (Å²) in [6.07, 6.45) is 10.3. The van der Waals surface area contributed by atoms with Crippen LogP contribution in [0.5, 0.6) is 0 Å². The van der Waals surface area contributed by atoms with E-state index in [4.69, 9.17) is 4.74 Å². The number of rotatable bonds is 5. The van der Waals surface area contributed by atoms with Gasteiger partial charge in [-0.15, -0.1) is 0 Å². The van der Waals surface area contributed by atoms with Gasteiger partial charge in [-0.1, -0.05) is 12.1 Å². The van der Waals surface area contributed by atoms with Crippen molar-refractivity contribution in [2.24, 2.45) is 0 Å². The molecule has 0 aliphatic carbocycles. The van der Waals surface area contributed by atoms with Crippen LogP contribution in [0.15, 0.2) is 61.7 Å². The van der Waals surface area contributed by atoms with E-state index in [9.17, 15) is 4.79 Å². The molecule has 0 N–H and O–H groups in total. The zero-order chi connectivity index (χ0) is 15.2. The monoisotopic (exact) mass is 294 g/mol. The second-order valence-corrected chi connectivity index (χ2v) is 4.65. The Morgan fingerprint density at radius 2 is 1.86 bits per heavy atom. The van der Waals surface area contributed by atoms with Gasteiger partial charge < -0.3 is 9.30 Å². The Bertz CT molecular complexity index is 725. The maximum atomic E-state index is 11.7. The van der Waals surface area contributed by atoms with E-state index in [2.05, 4.69) is 15.0 Å². The van der Waals surface area contributed by atoms with E-state index in [1.807, 2.05) is 35.0 Å². The van der Waals surface area contributed by atoms with Gasteiger partial charge in [0, 0.05) is 36.9 Å². The number of hydrogen-bond donors (Lipinski definition) is 0. The average Bonchev–Trinajstić information content (AvgIpc) is 3.11. The third-order valence-electron chi connectivity index (χ3n) is 3.16. The number of carbonyl (C=O) groups excluding carboxylic acids is 1. The van der Waals surface area contributed by atoms with Crippen LogP contribution in [0.4, 0.5) is 0 Å². The van der Waals surface area contributed by atoms with E-state index in [-0.39, 0.29) is 0 Å². The number of hydrogen-bond acceptors (Lipinski definition) is 5. The van der Waals surface area contributed by atoms with E-state index in [0.717, 1.165) is 11.3 Å². The number of imidazole rings is 1. The number of benzene rings is 1. The van der Waals surface area contributed by atoms with Gasteiger partial charge in [0.25, 0.3) is 0 Å². The van der Waals surface area contributed by atoms with Crippen molar-refractivity contribution >= 4 is 5.97 Å². The number of esters is 1. The first-order valence-electron chi connectivity index (χ1n) is 6.82. The Kier molecular flexibility index (Phi) is 4.20. The zero-order valence-electron chi connectivity index (χ0n) is 11.8. The highest BCUT2D eigenvalue weighted by atomic mass is 16.5. The van der Waals surface area contributed by atoms with Crippen molar-refractivity contribution in [3.8, 4) is 5.69 Å². The molecule has 2 aromatic heterocycles. The molecule has 0 saturated heterocycles. The smallest absolute Gasteiger partial charge is 0.341 e. The summed E-state index contributed by atoms with van der Waals surface area (Å²) in [6, 6.07) is 8.03. The molecule has 0 radical (unpaired) electrons. The standard InChI is InChI=1S/C16H14N4O2/c21-16(14-9-18-11-19-10-14)22-8-5-13-1-3-15(4-2-13)20-7-6-17-12-20/h1-4,6-7,9-12H,5,8H2. The SMILES string of the molecule is O=C(OCCc1ccc(-n2ccnc2)cc1)c1cncnc1. The topological polar surface area (TPSA) is 69.9 Å². The number of aromatic nitrogens is 4. The van der Waals surface area contributed by atoms with Crippen LogP contribution in [-0.4, -0.2) is 32.1 Å². The minimum atomic E-state index is -0.407. The predicted molar refractivity (Wildman–Crippen MR) is 79.6 cm³/mol. The van der Waals surface area contributed by atoms with Gasteiger partial charge in [-0.25, -0.2) is 19.7 Å². The van der Waals surface area contributed by atoms with Crippen LogP contribution in [-0.2, 0) is 11.2 Å². The summed E-state index contributed by atoms with van der Waals surface area (Å²) in [5, 5.41) is 0. The highest BCUT2D eigenvalue weighted by Gasteiger charge is 2.07. The highest BCUT2D eigenvalue weighted by molar-refractivity contribution is 5.88. The molecule has 0 amide bonds. The second kappa shape index (κ2) is 6.62. The van der Waals surface area contributed by atoms with Crippen molar-refractivity contribution in [2.75, 3.05) is 6.61 Å². The maximum Gasteiger partial charge on any atom is 0.341 e. The molecule has 3 rings (SSSR count). The molecule has 0 aliphatic heterocycles. The first-order chi connectivity index (χ1) is 10.8. The minimum Gasteiger partial charge on any atom is -0.462 e. The van der Waals surface area contributed by atoms with Gasteiger partial charge in [0.15, 0.2) is 0 Å². The molecule has 0 bridgehead atoms. The van der Waals surface area contributed by atoms with Crippen LogP contribution in [0, 0.1) is 0 Å². The van der Waals surface area contributed by atoms with Gasteiger partial charge in [0.05, 0.1) is 18.5 Å². The van der Waals surface area contributed by atoms with Crippen molar-refractivity contribution in [3.63, 3.8) is 0 Å². The van der Waals surface area contributed by atoms with E-state index in [1.165, 1.54) is 18.7 Å². The normalized spacial score (nSPS) is 10.4. The van der Waals surface area contributed by atoms with E-state index in [1.54, 1.807) is 12.5 Å². The minimum absolute atomic E-state index is 0.318. The lowest BCUT2D eigenvalue weighted by Crippen LogP contribution is -2.08. The lowest BCUT2D eigenvalue weighted by atomic mass is 10.1. The molecule has 6 nitrogen and oxygen atoms in total. The van der Waals surface area contributed by atoms with Gasteiger partial charge in [-0.2, -0.15) is 0 Å². The molecule has 0 unspecified atom stereocenters. The molecule has 22 heavy (non-hydrogen) atoms. The molecule has 3 aromatic rings. The Balaban J connectivity index is 1.53. The van der Waals surface area contributed by atoms with Crippen molar-refractivity contribution in [1.82, 2.24) is 19.5 Å². The second-order valence-electron chi connectivity index (χ2n) is 4.65. The Morgan fingerprint density at radius 1 is 1.09 bits per heavy atom. The van der Waals surface area contributed by atoms with Crippen LogP contribution in [0.2, 0.25) is 0 Å². The van der Waals surface area contributed by atoms with Crippen LogP contribution in [0.3, 0.4) is 0 Å². The Labute approximate surface area is 127 Å². The average molecular weight is 294 g/mol. The zero-order valence-corrected chi connectivity index (χ0v) is 11.8. The van der Waals surface area contributed by atoms with Crippen LogP contribution >= 0.6 is 0 Å². The fourth-order valence-electron chi connectivity index (χ4n) is 2.00. The van der Waals surface area contributed by atoms with Crippen LogP contribution < -0.4 is 0 Å². The quantitative estimate of drug-likeness (QED) is 0.674. The summed E-state index contributed by atoms with van der Waals surface area (Å²) in [7, 11) is 0. The van der Waals surface area contributed by atoms with Gasteiger partial charge in [0.1, 0.15) is 6.33 Å². The molecular weight excluding hydrogens is 280 g/mol. The van der Waals surface area contributed by atoms with Crippen LogP contribution in [0.25, 0.3) is 5.69 Å². The molecule has 6 heteroatoms. The predicted octanol–water partition coefficient (Wildman–Crippen LogP) is 2.06. The lowest BCUT2D eigenvalue weighted by Gasteiger charge is -2.06. The Morgan fingerprint density at radius 3 is 2.55 bits per heavy atom. The Hall–Kier alpha value is -3.02. The number of carbonyl (C=O) groups is 1. The summed E-state index contributed by atoms with van der Waals surface area (Å²) in [6.45, 7) is 0.318. The van der Waals surface area contributed by atoms with E-state index < -0.39 is 5.97 Å². The third kappa shape index (κ3) is 3.35. The summed E-state index contributed by atoms with van der Waals surface area (Å²) < 4.78 is 7.13. The van der Waals surface area contributed by atoms with Gasteiger partial charge >= 0.3 is 5.97 Å². The number of ether oxygens (including phenoxy) is 1. The van der Waals surface area contributed by atoms with Crippen molar-refractivity contribution < 1.29 is 9.53 Å². The number of nitrogens with zero attached hydrogens (tertiary/aromatic N) is 4. The summed E-state index contributed by atoms with van der Waals surface area (Å²) in [5.74, 6) is -0.407. The van der Waals surface area contributed by atoms with E-state index >= 15 is 0 Å². The van der Waals surface area contributed by atoms with Gasteiger partial charge in [-0.05, 0) is 17.7 Å². The van der Waals surface area contributed by atoms with Crippen molar-refractivity contribution in [3.05, 3.63) is 72.8 Å². The molecule has 1 aromatic carbocycles. The molecular formula is C16H14N4O2. The lowest BCUT2D eigenvalue weighted by molar-refractivity contribution is 0.0508. The fourth-order valence-corrected chi connectivity index (χ4v) is 2.00.